The molecule has 1 nitrogen and oxygen atoms in total. The van der Waals surface area contributed by atoms with E-state index in [9.17, 15) is 0 Å². The molecule has 1 aliphatic carbocycles. The van der Waals surface area contributed by atoms with Crippen LogP contribution < -0.4 is 0 Å². The summed E-state index contributed by atoms with van der Waals surface area (Å²) in [6.07, 6.45) is 10.3. The van der Waals surface area contributed by atoms with Crippen molar-refractivity contribution < 1.29 is 4.74 Å². The molecule has 1 unspecified atom stereocenters. The highest BCUT2D eigenvalue weighted by Crippen LogP contribution is 2.28. The first-order chi connectivity index (χ1) is 4.97. The van der Waals surface area contributed by atoms with E-state index in [1.807, 2.05) is 6.26 Å². The normalized spacial score (nSPS) is 30.4. The lowest BCUT2D eigenvalue weighted by Gasteiger charge is -2.24. The van der Waals surface area contributed by atoms with Gasteiger partial charge in [0, 0.05) is 5.92 Å². The van der Waals surface area contributed by atoms with E-state index in [1.165, 1.54) is 24.8 Å². The van der Waals surface area contributed by atoms with Crippen LogP contribution in [0.4, 0.5) is 0 Å². The van der Waals surface area contributed by atoms with Gasteiger partial charge in [-0.05, 0) is 30.9 Å². The second-order valence-corrected chi connectivity index (χ2v) is 2.96. The van der Waals surface area contributed by atoms with Crippen molar-refractivity contribution in [2.45, 2.75) is 19.3 Å². The van der Waals surface area contributed by atoms with Gasteiger partial charge in [0.2, 0.25) is 0 Å². The predicted octanol–water partition coefficient (Wildman–Crippen LogP) is 2.26. The van der Waals surface area contributed by atoms with Gasteiger partial charge in [-0.15, -0.1) is 0 Å². The summed E-state index contributed by atoms with van der Waals surface area (Å²) in [6, 6.07) is 0. The number of hydrogen-bond acceptors (Lipinski definition) is 1. The van der Waals surface area contributed by atoms with Gasteiger partial charge >= 0.3 is 0 Å². The fourth-order valence-corrected chi connectivity index (χ4v) is 1.64. The average Bonchev–Trinajstić information content (AvgIpc) is 2.05. The Kier molecular flexibility index (Phi) is 1.50. The zero-order valence-electron chi connectivity index (χ0n) is 6.05. The molecule has 0 amide bonds. The average molecular weight is 136 g/mol. The summed E-state index contributed by atoms with van der Waals surface area (Å²) in [5.74, 6) is 0.711. The van der Waals surface area contributed by atoms with Crippen LogP contribution in [0, 0.1) is 5.92 Å². The summed E-state index contributed by atoms with van der Waals surface area (Å²) in [7, 11) is 0. The van der Waals surface area contributed by atoms with Gasteiger partial charge in [0.1, 0.15) is 6.61 Å². The Balaban J connectivity index is 2.20. The second kappa shape index (κ2) is 2.49. The second-order valence-electron chi connectivity index (χ2n) is 2.96. The zero-order valence-corrected chi connectivity index (χ0v) is 6.05. The number of allylic oxidation sites excluding steroid dienone is 2. The molecule has 0 N–H and O–H groups in total. The van der Waals surface area contributed by atoms with E-state index in [-0.39, 0.29) is 0 Å². The Morgan fingerprint density at radius 3 is 3.40 bits per heavy atom. The van der Waals surface area contributed by atoms with Gasteiger partial charge in [0.15, 0.2) is 0 Å². The molecule has 0 bridgehead atoms. The molecule has 1 atom stereocenters. The van der Waals surface area contributed by atoms with E-state index in [0.29, 0.717) is 5.92 Å². The minimum Gasteiger partial charge on any atom is -0.497 e. The SMILES string of the molecule is C1=CC2CCCC=C2CO1. The summed E-state index contributed by atoms with van der Waals surface area (Å²) < 4.78 is 5.19. The first kappa shape index (κ1) is 6.02. The van der Waals surface area contributed by atoms with E-state index >= 15 is 0 Å². The Labute approximate surface area is 61.4 Å². The maximum Gasteiger partial charge on any atom is 0.109 e. The van der Waals surface area contributed by atoms with Gasteiger partial charge in [0.25, 0.3) is 0 Å². The Bertz CT molecular complexity index is 179. The van der Waals surface area contributed by atoms with Crippen LogP contribution in [0.25, 0.3) is 0 Å². The Hall–Kier alpha value is -0.720. The van der Waals surface area contributed by atoms with E-state index in [2.05, 4.69) is 12.2 Å². The third kappa shape index (κ3) is 0.962. The Morgan fingerprint density at radius 1 is 1.50 bits per heavy atom. The molecule has 0 aromatic carbocycles. The van der Waals surface area contributed by atoms with Crippen LogP contribution in [0.1, 0.15) is 19.3 Å². The van der Waals surface area contributed by atoms with E-state index in [0.717, 1.165) is 6.61 Å². The number of ether oxygens (including phenoxy) is 1. The molecule has 0 aromatic heterocycles. The molecule has 0 saturated carbocycles. The molecule has 54 valence electrons. The van der Waals surface area contributed by atoms with Crippen LogP contribution >= 0.6 is 0 Å². The molecular formula is C9H12O. The molecule has 0 fully saturated rings. The van der Waals surface area contributed by atoms with Crippen molar-refractivity contribution in [2.24, 2.45) is 5.92 Å². The van der Waals surface area contributed by atoms with Crippen LogP contribution in [-0.4, -0.2) is 6.61 Å². The number of fused-ring (bicyclic) bond motifs is 1. The molecule has 10 heavy (non-hydrogen) atoms. The van der Waals surface area contributed by atoms with Crippen molar-refractivity contribution in [1.82, 2.24) is 0 Å². The highest BCUT2D eigenvalue weighted by atomic mass is 16.5. The zero-order chi connectivity index (χ0) is 6.81. The summed E-state index contributed by atoms with van der Waals surface area (Å²) in [5.41, 5.74) is 1.49. The molecule has 1 aliphatic heterocycles. The third-order valence-electron chi connectivity index (χ3n) is 2.26. The highest BCUT2D eigenvalue weighted by molar-refractivity contribution is 5.18. The van der Waals surface area contributed by atoms with Crippen molar-refractivity contribution in [1.29, 1.82) is 0 Å². The first-order valence-corrected chi connectivity index (χ1v) is 3.94. The molecule has 0 saturated heterocycles. The molecule has 2 aliphatic rings. The Morgan fingerprint density at radius 2 is 2.50 bits per heavy atom. The van der Waals surface area contributed by atoms with Crippen LogP contribution in [0.3, 0.4) is 0 Å². The standard InChI is InChI=1S/C9H12O/c1-2-4-9-7-10-6-5-8(9)3-1/h4-6,8H,1-3,7H2. The molecular weight excluding hydrogens is 124 g/mol. The van der Waals surface area contributed by atoms with Crippen molar-refractivity contribution >= 4 is 0 Å². The quantitative estimate of drug-likeness (QED) is 0.464. The summed E-state index contributed by atoms with van der Waals surface area (Å²) in [4.78, 5) is 0. The number of rotatable bonds is 0. The van der Waals surface area contributed by atoms with E-state index in [4.69, 9.17) is 4.74 Å². The molecule has 1 heterocycles. The maximum absolute atomic E-state index is 5.19. The van der Waals surface area contributed by atoms with Gasteiger partial charge in [0.05, 0.1) is 6.26 Å². The van der Waals surface area contributed by atoms with Crippen molar-refractivity contribution in [3.8, 4) is 0 Å². The van der Waals surface area contributed by atoms with Crippen molar-refractivity contribution in [3.63, 3.8) is 0 Å². The monoisotopic (exact) mass is 136 g/mol. The lowest BCUT2D eigenvalue weighted by atomic mass is 9.87. The fraction of sp³-hybridized carbons (Fsp3) is 0.556. The van der Waals surface area contributed by atoms with Crippen LogP contribution in [0.2, 0.25) is 0 Å². The summed E-state index contributed by atoms with van der Waals surface area (Å²) in [6.45, 7) is 0.834. The molecule has 2 rings (SSSR count). The lowest BCUT2D eigenvalue weighted by molar-refractivity contribution is 0.248. The van der Waals surface area contributed by atoms with Crippen LogP contribution in [0.5, 0.6) is 0 Å². The molecule has 1 heteroatoms. The van der Waals surface area contributed by atoms with Gasteiger partial charge in [-0.2, -0.15) is 0 Å². The van der Waals surface area contributed by atoms with Crippen molar-refractivity contribution in [3.05, 3.63) is 24.0 Å². The van der Waals surface area contributed by atoms with Crippen molar-refractivity contribution in [2.75, 3.05) is 6.61 Å². The van der Waals surface area contributed by atoms with Gasteiger partial charge in [-0.1, -0.05) is 6.08 Å². The van der Waals surface area contributed by atoms with Gasteiger partial charge < -0.3 is 4.74 Å². The minimum atomic E-state index is 0.711. The smallest absolute Gasteiger partial charge is 0.109 e. The summed E-state index contributed by atoms with van der Waals surface area (Å²) in [5, 5.41) is 0. The topological polar surface area (TPSA) is 9.23 Å². The first-order valence-electron chi connectivity index (χ1n) is 3.94. The van der Waals surface area contributed by atoms with Gasteiger partial charge in [-0.3, -0.25) is 0 Å². The fourth-order valence-electron chi connectivity index (χ4n) is 1.64. The van der Waals surface area contributed by atoms with Gasteiger partial charge in [-0.25, -0.2) is 0 Å². The minimum absolute atomic E-state index is 0.711. The molecule has 0 radical (unpaired) electrons. The summed E-state index contributed by atoms with van der Waals surface area (Å²) >= 11 is 0. The lowest BCUT2D eigenvalue weighted by Crippen LogP contribution is -2.13. The van der Waals surface area contributed by atoms with E-state index < -0.39 is 0 Å². The maximum atomic E-state index is 5.19. The predicted molar refractivity (Wildman–Crippen MR) is 40.5 cm³/mol. The largest absolute Gasteiger partial charge is 0.497 e. The van der Waals surface area contributed by atoms with Crippen LogP contribution in [-0.2, 0) is 4.74 Å². The molecule has 0 aromatic rings. The number of hydrogen-bond donors (Lipinski definition) is 0. The van der Waals surface area contributed by atoms with Crippen LogP contribution in [0.15, 0.2) is 24.0 Å². The highest BCUT2D eigenvalue weighted by Gasteiger charge is 2.17. The van der Waals surface area contributed by atoms with E-state index in [1.54, 1.807) is 0 Å². The molecule has 0 spiro atoms. The third-order valence-corrected chi connectivity index (χ3v) is 2.26.